The van der Waals surface area contributed by atoms with Gasteiger partial charge in [0, 0.05) is 6.29 Å². The third-order valence-corrected chi connectivity index (χ3v) is 6.84. The van der Waals surface area contributed by atoms with Crippen molar-refractivity contribution in [3.63, 3.8) is 0 Å². The highest BCUT2D eigenvalue weighted by Gasteiger charge is 2.06. The van der Waals surface area contributed by atoms with Crippen molar-refractivity contribution in [1.29, 1.82) is 0 Å². The Balaban J connectivity index is 2.30. The predicted molar refractivity (Wildman–Crippen MR) is 122 cm³/mol. The Labute approximate surface area is 166 Å². The third kappa shape index (κ3) is 12.1. The zero-order chi connectivity index (χ0) is 18.9. The van der Waals surface area contributed by atoms with Gasteiger partial charge in [-0.05, 0) is 43.7 Å². The van der Waals surface area contributed by atoms with E-state index in [0.717, 1.165) is 8.58 Å². The molecule has 1 aromatic carbocycles. The summed E-state index contributed by atoms with van der Waals surface area (Å²) in [4.78, 5) is 2.75. The van der Waals surface area contributed by atoms with Gasteiger partial charge >= 0.3 is 0 Å². The quantitative estimate of drug-likeness (QED) is 0.204. The maximum atomic E-state index is 2.75. The minimum absolute atomic E-state index is 0.934. The van der Waals surface area contributed by atoms with Gasteiger partial charge in [-0.15, -0.1) is 0 Å². The molecule has 1 aromatic rings. The second-order valence-electron chi connectivity index (χ2n) is 7.80. The molecule has 0 aliphatic heterocycles. The van der Waals surface area contributed by atoms with Crippen molar-refractivity contribution in [1.82, 2.24) is 4.90 Å². The Kier molecular flexibility index (Phi) is 15.2. The van der Waals surface area contributed by atoms with E-state index in [1.165, 1.54) is 102 Å². The van der Waals surface area contributed by atoms with Crippen molar-refractivity contribution in [3.8, 4) is 0 Å². The van der Waals surface area contributed by atoms with E-state index in [0.29, 0.717) is 0 Å². The second kappa shape index (κ2) is 16.8. The molecule has 0 bridgehead atoms. The van der Waals surface area contributed by atoms with Crippen LogP contribution in [0.2, 0.25) is 0 Å². The third-order valence-electron chi connectivity index (χ3n) is 5.29. The van der Waals surface area contributed by atoms with Crippen LogP contribution in [-0.4, -0.2) is 24.3 Å². The van der Waals surface area contributed by atoms with Crippen molar-refractivity contribution in [3.05, 3.63) is 29.8 Å². The topological polar surface area (TPSA) is 3.24 Å². The Morgan fingerprint density at radius 3 is 1.73 bits per heavy atom. The first kappa shape index (κ1) is 23.6. The molecule has 0 spiro atoms. The SMILES string of the molecule is CCCCCCCCN(CCCCCCCC)CPc1ccccc1C. The van der Waals surface area contributed by atoms with Gasteiger partial charge in [0.2, 0.25) is 0 Å². The molecule has 0 N–H and O–H groups in total. The van der Waals surface area contributed by atoms with E-state index >= 15 is 0 Å². The highest BCUT2D eigenvalue weighted by atomic mass is 31.1. The number of hydrogen-bond donors (Lipinski definition) is 0. The van der Waals surface area contributed by atoms with E-state index < -0.39 is 0 Å². The molecular formula is C24H44NP. The van der Waals surface area contributed by atoms with E-state index in [-0.39, 0.29) is 0 Å². The van der Waals surface area contributed by atoms with E-state index in [9.17, 15) is 0 Å². The molecule has 1 rings (SSSR count). The molecule has 150 valence electrons. The summed E-state index contributed by atoms with van der Waals surface area (Å²) >= 11 is 0. The van der Waals surface area contributed by atoms with Crippen molar-refractivity contribution >= 4 is 13.9 Å². The maximum absolute atomic E-state index is 2.75. The lowest BCUT2D eigenvalue weighted by atomic mass is 10.1. The van der Waals surface area contributed by atoms with Crippen molar-refractivity contribution in [2.75, 3.05) is 19.4 Å². The lowest BCUT2D eigenvalue weighted by Crippen LogP contribution is -2.26. The van der Waals surface area contributed by atoms with Gasteiger partial charge in [0.15, 0.2) is 0 Å². The normalized spacial score (nSPS) is 11.8. The first-order chi connectivity index (χ1) is 12.8. The molecule has 1 nitrogen and oxygen atoms in total. The molecule has 0 amide bonds. The Hall–Kier alpha value is -0.390. The van der Waals surface area contributed by atoms with E-state index in [1.807, 2.05) is 0 Å². The van der Waals surface area contributed by atoms with Crippen molar-refractivity contribution < 1.29 is 0 Å². The van der Waals surface area contributed by atoms with Gasteiger partial charge in [-0.25, -0.2) is 0 Å². The fourth-order valence-electron chi connectivity index (χ4n) is 3.47. The number of unbranched alkanes of at least 4 members (excludes halogenated alkanes) is 10. The molecule has 0 saturated carbocycles. The van der Waals surface area contributed by atoms with Crippen LogP contribution in [0.3, 0.4) is 0 Å². The predicted octanol–water partition coefficient (Wildman–Crippen LogP) is 7.28. The van der Waals surface area contributed by atoms with Gasteiger partial charge in [-0.3, -0.25) is 4.90 Å². The number of hydrogen-bond acceptors (Lipinski definition) is 1. The highest BCUT2D eigenvalue weighted by Crippen LogP contribution is 2.17. The minimum Gasteiger partial charge on any atom is -0.299 e. The van der Waals surface area contributed by atoms with Crippen LogP contribution in [0.4, 0.5) is 0 Å². The molecule has 0 fully saturated rings. The molecule has 0 heterocycles. The van der Waals surface area contributed by atoms with Crippen LogP contribution in [-0.2, 0) is 0 Å². The van der Waals surface area contributed by atoms with Crippen LogP contribution < -0.4 is 5.30 Å². The highest BCUT2D eigenvalue weighted by molar-refractivity contribution is 7.47. The summed E-state index contributed by atoms with van der Waals surface area (Å²) in [6.45, 7) is 9.47. The fourth-order valence-corrected chi connectivity index (χ4v) is 4.76. The Morgan fingerprint density at radius 1 is 0.692 bits per heavy atom. The van der Waals surface area contributed by atoms with Crippen LogP contribution >= 0.6 is 8.58 Å². The van der Waals surface area contributed by atoms with Gasteiger partial charge in [0.25, 0.3) is 0 Å². The van der Waals surface area contributed by atoms with Gasteiger partial charge < -0.3 is 0 Å². The summed E-state index contributed by atoms with van der Waals surface area (Å²) in [7, 11) is 0.934. The van der Waals surface area contributed by atoms with Gasteiger partial charge in [0.1, 0.15) is 0 Å². The van der Waals surface area contributed by atoms with Gasteiger partial charge in [-0.2, -0.15) is 0 Å². The number of aryl methyl sites for hydroxylation is 1. The van der Waals surface area contributed by atoms with Gasteiger partial charge in [0.05, 0.1) is 0 Å². The van der Waals surface area contributed by atoms with Gasteiger partial charge in [-0.1, -0.05) is 111 Å². The summed E-state index contributed by atoms with van der Waals surface area (Å²) in [6.07, 6.45) is 18.1. The summed E-state index contributed by atoms with van der Waals surface area (Å²) < 4.78 is 0. The Morgan fingerprint density at radius 2 is 1.19 bits per heavy atom. The maximum Gasteiger partial charge on any atom is 0.0197 e. The molecule has 2 heteroatoms. The van der Waals surface area contributed by atoms with Crippen molar-refractivity contribution in [2.45, 2.75) is 97.8 Å². The second-order valence-corrected chi connectivity index (χ2v) is 9.01. The number of benzene rings is 1. The standard InChI is InChI=1S/C24H44NP/c1-4-6-8-10-12-16-20-25(21-17-13-11-9-7-5-2)22-26-24-19-15-14-18-23(24)3/h14-15,18-19,26H,4-13,16-17,20-22H2,1-3H3. The molecule has 0 radical (unpaired) electrons. The first-order valence-electron chi connectivity index (χ1n) is 11.3. The summed E-state index contributed by atoms with van der Waals surface area (Å²) in [5.41, 5.74) is 1.46. The van der Waals surface area contributed by atoms with Crippen LogP contribution in [0.15, 0.2) is 24.3 Å². The molecule has 0 saturated heterocycles. The molecule has 26 heavy (non-hydrogen) atoms. The zero-order valence-corrected chi connectivity index (χ0v) is 18.9. The first-order valence-corrected chi connectivity index (χ1v) is 12.5. The minimum atomic E-state index is 0.934. The van der Waals surface area contributed by atoms with E-state index in [2.05, 4.69) is 49.9 Å². The monoisotopic (exact) mass is 377 g/mol. The lowest BCUT2D eigenvalue weighted by Gasteiger charge is -2.23. The average Bonchev–Trinajstić information content (AvgIpc) is 2.65. The molecule has 0 aliphatic carbocycles. The number of rotatable bonds is 17. The molecular weight excluding hydrogens is 333 g/mol. The van der Waals surface area contributed by atoms with Crippen LogP contribution in [0, 0.1) is 6.92 Å². The zero-order valence-electron chi connectivity index (χ0n) is 17.9. The van der Waals surface area contributed by atoms with Crippen LogP contribution in [0.25, 0.3) is 0 Å². The van der Waals surface area contributed by atoms with Crippen LogP contribution in [0.5, 0.6) is 0 Å². The summed E-state index contributed by atoms with van der Waals surface area (Å²) in [5.74, 6) is 0. The molecule has 0 aromatic heterocycles. The number of nitrogens with zero attached hydrogens (tertiary/aromatic N) is 1. The lowest BCUT2D eigenvalue weighted by molar-refractivity contribution is 0.301. The molecule has 1 atom stereocenters. The van der Waals surface area contributed by atoms with E-state index in [1.54, 1.807) is 5.30 Å². The van der Waals surface area contributed by atoms with Crippen LogP contribution in [0.1, 0.15) is 96.5 Å². The van der Waals surface area contributed by atoms with Crippen molar-refractivity contribution in [2.24, 2.45) is 0 Å². The molecule has 0 aliphatic rings. The summed E-state index contributed by atoms with van der Waals surface area (Å²) in [6, 6.07) is 8.93. The van der Waals surface area contributed by atoms with E-state index in [4.69, 9.17) is 0 Å². The fraction of sp³-hybridized carbons (Fsp3) is 0.750. The average molecular weight is 378 g/mol. The largest absolute Gasteiger partial charge is 0.299 e. The summed E-state index contributed by atoms with van der Waals surface area (Å²) in [5, 5.41) is 1.56. The Bertz CT molecular complexity index is 416. The smallest absolute Gasteiger partial charge is 0.0197 e. The molecule has 1 unspecified atom stereocenters.